The Labute approximate surface area is 250 Å². The summed E-state index contributed by atoms with van der Waals surface area (Å²) in [5.74, 6) is -6.39. The Hall–Kier alpha value is -3.03. The molecule has 13 nitrogen and oxygen atoms in total. The van der Waals surface area contributed by atoms with E-state index in [1.54, 1.807) is 27.7 Å². The first kappa shape index (κ1) is 34.5. The molecule has 0 aromatic heterocycles. The van der Waals surface area contributed by atoms with Crippen molar-refractivity contribution in [1.29, 1.82) is 0 Å². The number of aliphatic hydroxyl groups excluding tert-OH is 1. The van der Waals surface area contributed by atoms with Crippen LogP contribution in [0.4, 0.5) is 0 Å². The van der Waals surface area contributed by atoms with E-state index >= 15 is 0 Å². The van der Waals surface area contributed by atoms with Gasteiger partial charge >= 0.3 is 29.8 Å². The van der Waals surface area contributed by atoms with Crippen molar-refractivity contribution in [3.05, 3.63) is 11.6 Å². The Morgan fingerprint density at radius 3 is 2.07 bits per heavy atom. The largest absolute Gasteiger partial charge is 0.462 e. The number of rotatable bonds is 6. The lowest BCUT2D eigenvalue weighted by Crippen LogP contribution is -2.73. The number of esters is 5. The normalized spacial score (nSPS) is 41.0. The minimum absolute atomic E-state index is 0.0492. The molecule has 0 spiro atoms. The topological polar surface area (TPSA) is 192 Å². The van der Waals surface area contributed by atoms with Crippen LogP contribution in [0, 0.1) is 17.3 Å². The molecule has 2 fully saturated rings. The number of hydrogen-bond acceptors (Lipinski definition) is 13. The standard InChI is InChI=1S/C30H44O13/c1-9-10-23(35)42-20-11-14(2)12-22-30(38,29(8,37)27(36)43-22)26(41-18(6)33)24-15(3)19(34)13-21(39-16(4)31)28(24,7)25(20)40-17(5)32/h12,15,19-22,24-26,34,37-38H,9-11,13H2,1-8H3/t15-,19-,20-,21-,22-,24+,25-,26+,28-,29-,30+/m0/s1. The highest BCUT2D eigenvalue weighted by Crippen LogP contribution is 2.57. The van der Waals surface area contributed by atoms with Crippen LogP contribution in [-0.4, -0.2) is 93.0 Å². The number of carbonyl (C=O) groups is 5. The number of ether oxygens (including phenoxy) is 5. The second kappa shape index (κ2) is 12.5. The van der Waals surface area contributed by atoms with Crippen molar-refractivity contribution in [2.24, 2.45) is 17.3 Å². The van der Waals surface area contributed by atoms with Crippen LogP contribution in [0.5, 0.6) is 0 Å². The SMILES string of the molecule is CCCC(=O)O[C@H]1CC(C)=C[C@@H]2OC(=O)[C@](C)(O)[C@]2(O)[C@H](OC(C)=O)[C@H]2[C@@H](C)[C@@H](O)C[C@H](OC(C)=O)[C@]2(C)[C@H]1OC(C)=O. The molecule has 0 aromatic rings. The predicted octanol–water partition coefficient (Wildman–Crippen LogP) is 1.27. The van der Waals surface area contributed by atoms with Gasteiger partial charge in [-0.25, -0.2) is 4.79 Å². The van der Waals surface area contributed by atoms with Crippen molar-refractivity contribution in [1.82, 2.24) is 0 Å². The van der Waals surface area contributed by atoms with Gasteiger partial charge in [0, 0.05) is 46.0 Å². The lowest BCUT2D eigenvalue weighted by atomic mass is 9.52. The van der Waals surface area contributed by atoms with Gasteiger partial charge in [-0.2, -0.15) is 0 Å². The van der Waals surface area contributed by atoms with Crippen LogP contribution in [0.25, 0.3) is 0 Å². The highest BCUT2D eigenvalue weighted by molar-refractivity contribution is 5.84. The molecule has 43 heavy (non-hydrogen) atoms. The Morgan fingerprint density at radius 2 is 1.53 bits per heavy atom. The minimum atomic E-state index is -2.64. The van der Waals surface area contributed by atoms with E-state index < -0.39 is 94.9 Å². The first-order chi connectivity index (χ1) is 19.8. The van der Waals surface area contributed by atoms with E-state index in [-0.39, 0.29) is 19.3 Å². The molecule has 1 aliphatic heterocycles. The van der Waals surface area contributed by atoms with Gasteiger partial charge < -0.3 is 39.0 Å². The highest BCUT2D eigenvalue weighted by Gasteiger charge is 2.74. The molecule has 0 aromatic carbocycles. The fraction of sp³-hybridized carbons (Fsp3) is 0.767. The van der Waals surface area contributed by atoms with E-state index in [9.17, 15) is 39.3 Å². The van der Waals surface area contributed by atoms with Crippen molar-refractivity contribution in [3.63, 3.8) is 0 Å². The van der Waals surface area contributed by atoms with Crippen molar-refractivity contribution in [2.45, 2.75) is 129 Å². The Morgan fingerprint density at radius 1 is 0.977 bits per heavy atom. The van der Waals surface area contributed by atoms with Crippen molar-refractivity contribution in [3.8, 4) is 0 Å². The second-order valence-electron chi connectivity index (χ2n) is 12.4. The average Bonchev–Trinajstić information content (AvgIpc) is 3.03. The number of aliphatic hydroxyl groups is 3. The fourth-order valence-corrected chi connectivity index (χ4v) is 7.10. The molecule has 1 saturated heterocycles. The molecule has 3 rings (SSSR count). The summed E-state index contributed by atoms with van der Waals surface area (Å²) in [7, 11) is 0. The van der Waals surface area contributed by atoms with Crippen LogP contribution in [0.2, 0.25) is 0 Å². The Bertz CT molecular complexity index is 1160. The highest BCUT2D eigenvalue weighted by atomic mass is 16.6. The van der Waals surface area contributed by atoms with E-state index in [4.69, 9.17) is 23.7 Å². The monoisotopic (exact) mass is 612 g/mol. The van der Waals surface area contributed by atoms with Crippen LogP contribution in [-0.2, 0) is 47.7 Å². The van der Waals surface area contributed by atoms with Crippen LogP contribution in [0.3, 0.4) is 0 Å². The molecule has 3 N–H and O–H groups in total. The first-order valence-electron chi connectivity index (χ1n) is 14.5. The average molecular weight is 613 g/mol. The molecule has 3 aliphatic rings. The zero-order valence-electron chi connectivity index (χ0n) is 25.9. The van der Waals surface area contributed by atoms with E-state index in [0.717, 1.165) is 27.7 Å². The van der Waals surface area contributed by atoms with E-state index in [0.29, 0.717) is 12.0 Å². The van der Waals surface area contributed by atoms with Crippen LogP contribution in [0.1, 0.15) is 81.1 Å². The zero-order chi connectivity index (χ0) is 32.7. The molecule has 0 bridgehead atoms. The molecular formula is C30H44O13. The van der Waals surface area contributed by atoms with Crippen molar-refractivity contribution < 1.29 is 63.0 Å². The van der Waals surface area contributed by atoms with Gasteiger partial charge in [-0.05, 0) is 32.3 Å². The van der Waals surface area contributed by atoms with Gasteiger partial charge in [0.1, 0.15) is 24.4 Å². The lowest BCUT2D eigenvalue weighted by Gasteiger charge is -2.59. The smallest absolute Gasteiger partial charge is 0.341 e. The quantitative estimate of drug-likeness (QED) is 0.221. The predicted molar refractivity (Wildman–Crippen MR) is 147 cm³/mol. The third-order valence-corrected chi connectivity index (χ3v) is 9.19. The first-order valence-corrected chi connectivity index (χ1v) is 14.5. The van der Waals surface area contributed by atoms with Crippen molar-refractivity contribution in [2.75, 3.05) is 0 Å². The molecule has 1 saturated carbocycles. The third kappa shape index (κ3) is 6.16. The summed E-state index contributed by atoms with van der Waals surface area (Å²) in [6, 6.07) is 0. The molecule has 11 atom stereocenters. The van der Waals surface area contributed by atoms with E-state index in [1.807, 2.05) is 0 Å². The summed E-state index contributed by atoms with van der Waals surface area (Å²) < 4.78 is 28.8. The molecule has 2 aliphatic carbocycles. The van der Waals surface area contributed by atoms with Gasteiger partial charge in [0.25, 0.3) is 0 Å². The Balaban J connectivity index is 2.48. The minimum Gasteiger partial charge on any atom is -0.462 e. The van der Waals surface area contributed by atoms with Crippen LogP contribution < -0.4 is 0 Å². The molecule has 0 amide bonds. The molecule has 242 valence electrons. The van der Waals surface area contributed by atoms with Gasteiger partial charge in [0.15, 0.2) is 17.3 Å². The summed E-state index contributed by atoms with van der Waals surface area (Å²) in [6.07, 6.45) is -6.77. The van der Waals surface area contributed by atoms with Gasteiger partial charge in [0.2, 0.25) is 0 Å². The number of carbonyl (C=O) groups excluding carboxylic acids is 5. The summed E-state index contributed by atoms with van der Waals surface area (Å²) in [5.41, 5.74) is -6.51. The van der Waals surface area contributed by atoms with Gasteiger partial charge in [-0.1, -0.05) is 26.3 Å². The zero-order valence-corrected chi connectivity index (χ0v) is 25.9. The Kier molecular flexibility index (Phi) is 10.0. The number of fused-ring (bicyclic) bond motifs is 2. The van der Waals surface area contributed by atoms with Gasteiger partial charge in [0.05, 0.1) is 11.5 Å². The molecule has 13 heteroatoms. The lowest BCUT2D eigenvalue weighted by molar-refractivity contribution is -0.272. The second-order valence-corrected chi connectivity index (χ2v) is 12.4. The molecule has 0 unspecified atom stereocenters. The van der Waals surface area contributed by atoms with Crippen molar-refractivity contribution >= 4 is 29.8 Å². The maximum atomic E-state index is 13.0. The van der Waals surface area contributed by atoms with Crippen LogP contribution >= 0.6 is 0 Å². The molecule has 1 heterocycles. The van der Waals surface area contributed by atoms with Gasteiger partial charge in [-0.15, -0.1) is 0 Å². The third-order valence-electron chi connectivity index (χ3n) is 9.19. The molecule has 0 radical (unpaired) electrons. The molecular weight excluding hydrogens is 568 g/mol. The maximum Gasteiger partial charge on any atom is 0.341 e. The summed E-state index contributed by atoms with van der Waals surface area (Å²) >= 11 is 0. The fourth-order valence-electron chi connectivity index (χ4n) is 7.10. The van der Waals surface area contributed by atoms with E-state index in [1.165, 1.54) is 6.08 Å². The van der Waals surface area contributed by atoms with Crippen LogP contribution in [0.15, 0.2) is 11.6 Å². The number of hydrogen-bond donors (Lipinski definition) is 3. The maximum absolute atomic E-state index is 13.0. The van der Waals surface area contributed by atoms with E-state index in [2.05, 4.69) is 0 Å². The summed E-state index contributed by atoms with van der Waals surface area (Å²) in [4.78, 5) is 63.7. The summed E-state index contributed by atoms with van der Waals surface area (Å²) in [6.45, 7) is 10.9. The summed E-state index contributed by atoms with van der Waals surface area (Å²) in [5, 5.41) is 35.2. The van der Waals surface area contributed by atoms with Gasteiger partial charge in [-0.3, -0.25) is 19.2 Å².